The van der Waals surface area contributed by atoms with Crippen LogP contribution in [0.5, 0.6) is 11.5 Å². The molecule has 0 bridgehead atoms. The van der Waals surface area contributed by atoms with Crippen molar-refractivity contribution >= 4 is 33.3 Å². The van der Waals surface area contributed by atoms with Crippen molar-refractivity contribution < 1.29 is 14.8 Å². The summed E-state index contributed by atoms with van der Waals surface area (Å²) >= 11 is 3.24. The predicted octanol–water partition coefficient (Wildman–Crippen LogP) is 4.53. The van der Waals surface area contributed by atoms with Crippen molar-refractivity contribution in [1.82, 2.24) is 0 Å². The smallest absolute Gasteiger partial charge is 0.269 e. The van der Waals surface area contributed by atoms with E-state index >= 15 is 0 Å². The number of benzene rings is 2. The second kappa shape index (κ2) is 7.62. The maximum absolute atomic E-state index is 10.7. The zero-order valence-electron chi connectivity index (χ0n) is 12.7. The van der Waals surface area contributed by atoms with Gasteiger partial charge in [-0.3, -0.25) is 10.1 Å². The fourth-order valence-electron chi connectivity index (χ4n) is 2.05. The third-order valence-corrected chi connectivity index (χ3v) is 3.78. The SMILES string of the molecule is CCOc1cc(/C=C(\C#N)c2ccc([N+](=O)[O-])cc2)cc(Br)c1O. The lowest BCUT2D eigenvalue weighted by Crippen LogP contribution is -1.93. The molecule has 122 valence electrons. The van der Waals surface area contributed by atoms with Crippen LogP contribution in [0.15, 0.2) is 40.9 Å². The standard InChI is InChI=1S/C17H13BrN2O4/c1-2-24-16-9-11(8-15(18)17(16)21)7-13(10-19)12-3-5-14(6-4-12)20(22)23/h3-9,21H,2H2,1H3/b13-7+. The molecule has 0 aliphatic rings. The van der Waals surface area contributed by atoms with Crippen LogP contribution in [-0.2, 0) is 0 Å². The average molecular weight is 389 g/mol. The molecule has 2 rings (SSSR count). The molecule has 0 unspecified atom stereocenters. The van der Waals surface area contributed by atoms with Gasteiger partial charge >= 0.3 is 0 Å². The number of nitro benzene ring substituents is 1. The van der Waals surface area contributed by atoms with Crippen molar-refractivity contribution in [3.05, 3.63) is 62.1 Å². The maximum Gasteiger partial charge on any atom is 0.269 e. The van der Waals surface area contributed by atoms with Gasteiger partial charge in [0, 0.05) is 12.1 Å². The van der Waals surface area contributed by atoms with E-state index in [0.717, 1.165) is 0 Å². The number of phenolic OH excluding ortho intramolecular Hbond substituents is 1. The maximum atomic E-state index is 10.7. The van der Waals surface area contributed by atoms with E-state index in [-0.39, 0.29) is 11.4 Å². The van der Waals surface area contributed by atoms with E-state index < -0.39 is 4.92 Å². The van der Waals surface area contributed by atoms with Crippen LogP contribution in [0, 0.1) is 21.4 Å². The zero-order valence-corrected chi connectivity index (χ0v) is 14.3. The highest BCUT2D eigenvalue weighted by molar-refractivity contribution is 9.10. The number of nitro groups is 1. The number of nitriles is 1. The minimum Gasteiger partial charge on any atom is -0.503 e. The molecule has 0 amide bonds. The summed E-state index contributed by atoms with van der Waals surface area (Å²) in [5.41, 5.74) is 1.51. The Morgan fingerprint density at radius 1 is 1.42 bits per heavy atom. The number of non-ortho nitro benzene ring substituents is 1. The molecule has 0 aliphatic heterocycles. The van der Waals surface area contributed by atoms with Crippen LogP contribution >= 0.6 is 15.9 Å². The molecule has 0 saturated carbocycles. The third-order valence-electron chi connectivity index (χ3n) is 3.17. The molecule has 2 aromatic carbocycles. The molecule has 2 aromatic rings. The number of aromatic hydroxyl groups is 1. The van der Waals surface area contributed by atoms with Gasteiger partial charge in [0.1, 0.15) is 0 Å². The first-order valence-electron chi connectivity index (χ1n) is 6.98. The van der Waals surface area contributed by atoms with E-state index in [1.807, 2.05) is 0 Å². The van der Waals surface area contributed by atoms with E-state index in [4.69, 9.17) is 4.74 Å². The molecule has 0 heterocycles. The van der Waals surface area contributed by atoms with Crippen LogP contribution in [0.4, 0.5) is 5.69 Å². The molecule has 24 heavy (non-hydrogen) atoms. The second-order valence-electron chi connectivity index (χ2n) is 4.76. The van der Waals surface area contributed by atoms with Crippen LogP contribution in [0.2, 0.25) is 0 Å². The fourth-order valence-corrected chi connectivity index (χ4v) is 2.51. The first-order chi connectivity index (χ1) is 11.5. The van der Waals surface area contributed by atoms with Crippen LogP contribution in [-0.4, -0.2) is 16.6 Å². The summed E-state index contributed by atoms with van der Waals surface area (Å²) in [6, 6.07) is 11.1. The Hall–Kier alpha value is -2.85. The molecule has 0 aliphatic carbocycles. The van der Waals surface area contributed by atoms with Gasteiger partial charge in [-0.15, -0.1) is 0 Å². The van der Waals surface area contributed by atoms with Crippen molar-refractivity contribution in [3.8, 4) is 17.6 Å². The Labute approximate surface area is 146 Å². The molecular formula is C17H13BrN2O4. The van der Waals surface area contributed by atoms with E-state index in [1.54, 1.807) is 25.1 Å². The summed E-state index contributed by atoms with van der Waals surface area (Å²) in [6.07, 6.45) is 1.62. The van der Waals surface area contributed by atoms with Gasteiger partial charge in [-0.05, 0) is 64.3 Å². The van der Waals surface area contributed by atoms with Gasteiger partial charge in [-0.1, -0.05) is 0 Å². The van der Waals surface area contributed by atoms with Gasteiger partial charge in [0.15, 0.2) is 11.5 Å². The summed E-state index contributed by atoms with van der Waals surface area (Å²) in [5, 5.41) is 30.0. The molecule has 0 spiro atoms. The van der Waals surface area contributed by atoms with Crippen LogP contribution in [0.1, 0.15) is 18.1 Å². The van der Waals surface area contributed by atoms with Gasteiger partial charge in [0.05, 0.1) is 27.6 Å². The number of phenols is 1. The van der Waals surface area contributed by atoms with E-state index in [2.05, 4.69) is 22.0 Å². The van der Waals surface area contributed by atoms with Crippen molar-refractivity contribution in [2.24, 2.45) is 0 Å². The summed E-state index contributed by atoms with van der Waals surface area (Å²) in [7, 11) is 0. The second-order valence-corrected chi connectivity index (χ2v) is 5.61. The minimum atomic E-state index is -0.495. The van der Waals surface area contributed by atoms with Crippen molar-refractivity contribution in [2.75, 3.05) is 6.61 Å². The number of hydrogen-bond donors (Lipinski definition) is 1. The highest BCUT2D eigenvalue weighted by atomic mass is 79.9. The first kappa shape index (κ1) is 17.5. The van der Waals surface area contributed by atoms with Crippen LogP contribution in [0.25, 0.3) is 11.6 Å². The lowest BCUT2D eigenvalue weighted by Gasteiger charge is -2.09. The molecule has 7 heteroatoms. The average Bonchev–Trinajstić information content (AvgIpc) is 2.57. The lowest BCUT2D eigenvalue weighted by molar-refractivity contribution is -0.384. The van der Waals surface area contributed by atoms with Gasteiger partial charge in [-0.2, -0.15) is 5.26 Å². The van der Waals surface area contributed by atoms with Gasteiger partial charge in [-0.25, -0.2) is 0 Å². The van der Waals surface area contributed by atoms with Crippen molar-refractivity contribution in [2.45, 2.75) is 6.92 Å². The Balaban J connectivity index is 2.44. The predicted molar refractivity (Wildman–Crippen MR) is 93.6 cm³/mol. The largest absolute Gasteiger partial charge is 0.503 e. The van der Waals surface area contributed by atoms with Crippen molar-refractivity contribution in [3.63, 3.8) is 0 Å². The monoisotopic (exact) mass is 388 g/mol. The number of halogens is 1. The molecule has 0 atom stereocenters. The zero-order chi connectivity index (χ0) is 17.7. The van der Waals surface area contributed by atoms with E-state index in [9.17, 15) is 20.5 Å². The van der Waals surface area contributed by atoms with Crippen LogP contribution in [0.3, 0.4) is 0 Å². The quantitative estimate of drug-likeness (QED) is 0.351. The van der Waals surface area contributed by atoms with Gasteiger partial charge in [0.25, 0.3) is 5.69 Å². The highest BCUT2D eigenvalue weighted by Gasteiger charge is 2.10. The summed E-state index contributed by atoms with van der Waals surface area (Å²) in [4.78, 5) is 10.2. The van der Waals surface area contributed by atoms with Gasteiger partial charge < -0.3 is 9.84 Å². The summed E-state index contributed by atoms with van der Waals surface area (Å²) in [6.45, 7) is 2.19. The Morgan fingerprint density at radius 3 is 2.62 bits per heavy atom. The topological polar surface area (TPSA) is 96.4 Å². The number of allylic oxidation sites excluding steroid dienone is 1. The van der Waals surface area contributed by atoms with E-state index in [0.29, 0.717) is 33.5 Å². The Morgan fingerprint density at radius 2 is 2.08 bits per heavy atom. The molecular weight excluding hydrogens is 376 g/mol. The normalized spacial score (nSPS) is 11.0. The summed E-state index contributed by atoms with van der Waals surface area (Å²) in [5.74, 6) is 0.293. The lowest BCUT2D eigenvalue weighted by atomic mass is 10.0. The molecule has 0 fully saturated rings. The fraction of sp³-hybridized carbons (Fsp3) is 0.118. The molecule has 1 N–H and O–H groups in total. The highest BCUT2D eigenvalue weighted by Crippen LogP contribution is 2.36. The van der Waals surface area contributed by atoms with Crippen molar-refractivity contribution in [1.29, 1.82) is 5.26 Å². The van der Waals surface area contributed by atoms with E-state index in [1.165, 1.54) is 24.3 Å². The molecule has 0 radical (unpaired) electrons. The minimum absolute atomic E-state index is 0.0113. The Kier molecular flexibility index (Phi) is 5.55. The first-order valence-corrected chi connectivity index (χ1v) is 7.77. The molecule has 0 saturated heterocycles. The third kappa shape index (κ3) is 3.91. The molecule has 0 aromatic heterocycles. The number of ether oxygens (including phenoxy) is 1. The summed E-state index contributed by atoms with van der Waals surface area (Å²) < 4.78 is 5.80. The van der Waals surface area contributed by atoms with Gasteiger partial charge in [0.2, 0.25) is 0 Å². The number of nitrogens with zero attached hydrogens (tertiary/aromatic N) is 2. The number of hydrogen-bond acceptors (Lipinski definition) is 5. The Bertz CT molecular complexity index is 839. The number of rotatable bonds is 5. The molecule has 6 nitrogen and oxygen atoms in total. The van der Waals surface area contributed by atoms with Crippen LogP contribution < -0.4 is 4.74 Å².